The first-order valence-corrected chi connectivity index (χ1v) is 5.35. The third kappa shape index (κ3) is 1.82. The van der Waals surface area contributed by atoms with Crippen molar-refractivity contribution in [1.29, 1.82) is 5.26 Å². The van der Waals surface area contributed by atoms with Gasteiger partial charge in [0.25, 0.3) is 0 Å². The van der Waals surface area contributed by atoms with Crippen molar-refractivity contribution in [2.24, 2.45) is 7.05 Å². The molecule has 18 heavy (non-hydrogen) atoms. The van der Waals surface area contributed by atoms with Crippen molar-refractivity contribution in [2.75, 3.05) is 7.11 Å². The average molecular weight is 245 g/mol. The molecule has 5 heteroatoms. The normalized spacial score (nSPS) is 10.2. The van der Waals surface area contributed by atoms with Crippen molar-refractivity contribution in [2.45, 2.75) is 6.92 Å². The summed E-state index contributed by atoms with van der Waals surface area (Å²) in [5.41, 5.74) is 1.60. The van der Waals surface area contributed by atoms with E-state index in [0.29, 0.717) is 22.8 Å². The van der Waals surface area contributed by atoms with Gasteiger partial charge >= 0.3 is 0 Å². The predicted octanol–water partition coefficient (Wildman–Crippen LogP) is 2.41. The molecule has 2 rings (SSSR count). The Bertz CT molecular complexity index is 640. The lowest BCUT2D eigenvalue weighted by atomic mass is 10.2. The highest BCUT2D eigenvalue weighted by molar-refractivity contribution is 5.66. The molecule has 0 aliphatic carbocycles. The Kier molecular flexibility index (Phi) is 3.02. The molecule has 0 amide bonds. The van der Waals surface area contributed by atoms with Crippen molar-refractivity contribution >= 4 is 0 Å². The molecule has 4 nitrogen and oxygen atoms in total. The highest BCUT2D eigenvalue weighted by Crippen LogP contribution is 2.30. The first-order chi connectivity index (χ1) is 8.58. The number of aromatic nitrogens is 2. The third-order valence-corrected chi connectivity index (χ3v) is 2.89. The fourth-order valence-electron chi connectivity index (χ4n) is 1.78. The zero-order chi connectivity index (χ0) is 13.3. The number of imidazole rings is 1. The lowest BCUT2D eigenvalue weighted by Crippen LogP contribution is -1.97. The van der Waals surface area contributed by atoms with Crippen LogP contribution in [0, 0.1) is 24.1 Å². The molecule has 1 heterocycles. The highest BCUT2D eigenvalue weighted by Gasteiger charge is 2.16. The third-order valence-electron chi connectivity index (χ3n) is 2.89. The van der Waals surface area contributed by atoms with Crippen LogP contribution in [-0.4, -0.2) is 16.7 Å². The van der Waals surface area contributed by atoms with Gasteiger partial charge in [0, 0.05) is 7.05 Å². The van der Waals surface area contributed by atoms with Gasteiger partial charge in [0.1, 0.15) is 23.5 Å². The second-order valence-electron chi connectivity index (χ2n) is 3.88. The van der Waals surface area contributed by atoms with Crippen molar-refractivity contribution in [3.8, 4) is 23.2 Å². The van der Waals surface area contributed by atoms with E-state index in [1.54, 1.807) is 24.6 Å². The van der Waals surface area contributed by atoms with Crippen LogP contribution in [0.4, 0.5) is 4.39 Å². The number of hydrogen-bond acceptors (Lipinski definition) is 3. The maximum Gasteiger partial charge on any atom is 0.162 e. The topological polar surface area (TPSA) is 50.8 Å². The van der Waals surface area contributed by atoms with Gasteiger partial charge in [-0.1, -0.05) is 0 Å². The van der Waals surface area contributed by atoms with Gasteiger partial charge in [-0.25, -0.2) is 9.37 Å². The van der Waals surface area contributed by atoms with Crippen LogP contribution in [0.3, 0.4) is 0 Å². The van der Waals surface area contributed by atoms with Gasteiger partial charge < -0.3 is 9.30 Å². The summed E-state index contributed by atoms with van der Waals surface area (Å²) in [5.74, 6) is 0.666. The fraction of sp³-hybridized carbons (Fsp3) is 0.231. The Hall–Kier alpha value is -2.35. The van der Waals surface area contributed by atoms with Crippen LogP contribution in [-0.2, 0) is 7.05 Å². The summed E-state index contributed by atoms with van der Waals surface area (Å²) in [7, 11) is 3.29. The fourth-order valence-corrected chi connectivity index (χ4v) is 1.78. The summed E-state index contributed by atoms with van der Waals surface area (Å²) >= 11 is 0. The molecule has 0 N–H and O–H groups in total. The molecule has 0 bridgehead atoms. The maximum atomic E-state index is 13.3. The molecular weight excluding hydrogens is 233 g/mol. The molecule has 0 radical (unpaired) electrons. The zero-order valence-electron chi connectivity index (χ0n) is 10.4. The van der Waals surface area contributed by atoms with Crippen molar-refractivity contribution in [3.63, 3.8) is 0 Å². The first kappa shape index (κ1) is 12.1. The minimum absolute atomic E-state index is 0.332. The standard InChI is InChI=1S/C13H12FN3O/c1-8-11(7-15)16-13(17(8)2)10-6-9(14)4-5-12(10)18-3/h4-6H,1-3H3. The lowest BCUT2D eigenvalue weighted by Gasteiger charge is -2.08. The number of rotatable bonds is 2. The van der Waals surface area contributed by atoms with Gasteiger partial charge in [-0.15, -0.1) is 0 Å². The van der Waals surface area contributed by atoms with E-state index in [9.17, 15) is 4.39 Å². The summed E-state index contributed by atoms with van der Waals surface area (Å²) in [6.07, 6.45) is 0. The van der Waals surface area contributed by atoms with E-state index in [-0.39, 0.29) is 5.82 Å². The largest absolute Gasteiger partial charge is 0.496 e. The molecule has 0 atom stereocenters. The van der Waals surface area contributed by atoms with E-state index in [2.05, 4.69) is 4.98 Å². The molecule has 92 valence electrons. The van der Waals surface area contributed by atoms with Crippen LogP contribution in [0.25, 0.3) is 11.4 Å². The number of methoxy groups -OCH3 is 1. The molecule has 2 aromatic rings. The molecule has 0 fully saturated rings. The Labute approximate surface area is 104 Å². The molecule has 0 spiro atoms. The van der Waals surface area contributed by atoms with E-state index < -0.39 is 0 Å². The molecule has 0 saturated heterocycles. The Morgan fingerprint density at radius 1 is 1.44 bits per heavy atom. The summed E-state index contributed by atoms with van der Waals surface area (Å²) in [4.78, 5) is 4.20. The Morgan fingerprint density at radius 3 is 2.72 bits per heavy atom. The summed E-state index contributed by atoms with van der Waals surface area (Å²) in [5, 5.41) is 8.95. The van der Waals surface area contributed by atoms with Crippen LogP contribution in [0.1, 0.15) is 11.4 Å². The minimum atomic E-state index is -0.370. The van der Waals surface area contributed by atoms with Crippen LogP contribution in [0.15, 0.2) is 18.2 Å². The molecule has 0 saturated carbocycles. The van der Waals surface area contributed by atoms with E-state index >= 15 is 0 Å². The second-order valence-corrected chi connectivity index (χ2v) is 3.88. The lowest BCUT2D eigenvalue weighted by molar-refractivity contribution is 0.415. The molecular formula is C13H12FN3O. The highest BCUT2D eigenvalue weighted by atomic mass is 19.1. The molecule has 0 aliphatic heterocycles. The average Bonchev–Trinajstić information content (AvgIpc) is 2.66. The van der Waals surface area contributed by atoms with Crippen LogP contribution < -0.4 is 4.74 Å². The molecule has 1 aromatic carbocycles. The van der Waals surface area contributed by atoms with Gasteiger partial charge in [-0.2, -0.15) is 5.26 Å². The minimum Gasteiger partial charge on any atom is -0.496 e. The summed E-state index contributed by atoms with van der Waals surface area (Å²) in [6.45, 7) is 1.79. The summed E-state index contributed by atoms with van der Waals surface area (Å²) in [6, 6.07) is 6.23. The number of hydrogen-bond donors (Lipinski definition) is 0. The van der Waals surface area contributed by atoms with Gasteiger partial charge in [0.05, 0.1) is 18.4 Å². The number of ether oxygens (including phenoxy) is 1. The van der Waals surface area contributed by atoms with Crippen molar-refractivity contribution in [1.82, 2.24) is 9.55 Å². The molecule has 1 aromatic heterocycles. The van der Waals surface area contributed by atoms with Gasteiger partial charge in [0.2, 0.25) is 0 Å². The summed E-state index contributed by atoms with van der Waals surface area (Å²) < 4.78 is 20.3. The number of nitrogens with zero attached hydrogens (tertiary/aromatic N) is 3. The van der Waals surface area contributed by atoms with E-state index in [4.69, 9.17) is 10.00 Å². The maximum absolute atomic E-state index is 13.3. The monoisotopic (exact) mass is 245 g/mol. The van der Waals surface area contributed by atoms with E-state index in [1.807, 2.05) is 6.07 Å². The quantitative estimate of drug-likeness (QED) is 0.816. The zero-order valence-corrected chi connectivity index (χ0v) is 10.4. The molecule has 0 aliphatic rings. The van der Waals surface area contributed by atoms with Crippen molar-refractivity contribution in [3.05, 3.63) is 35.4 Å². The SMILES string of the molecule is COc1ccc(F)cc1-c1nc(C#N)c(C)n1C. The van der Waals surface area contributed by atoms with Gasteiger partial charge in [-0.05, 0) is 25.1 Å². The van der Waals surface area contributed by atoms with E-state index in [1.165, 1.54) is 19.2 Å². The predicted molar refractivity (Wildman–Crippen MR) is 64.6 cm³/mol. The van der Waals surface area contributed by atoms with Crippen molar-refractivity contribution < 1.29 is 9.13 Å². The Morgan fingerprint density at radius 2 is 2.17 bits per heavy atom. The van der Waals surface area contributed by atoms with Crippen LogP contribution in [0.5, 0.6) is 5.75 Å². The Balaban J connectivity index is 2.69. The smallest absolute Gasteiger partial charge is 0.162 e. The van der Waals surface area contributed by atoms with Gasteiger partial charge in [-0.3, -0.25) is 0 Å². The molecule has 0 unspecified atom stereocenters. The van der Waals surface area contributed by atoms with E-state index in [0.717, 1.165) is 5.69 Å². The number of benzene rings is 1. The van der Waals surface area contributed by atoms with Crippen LogP contribution >= 0.6 is 0 Å². The second kappa shape index (κ2) is 4.49. The van der Waals surface area contributed by atoms with Gasteiger partial charge in [0.15, 0.2) is 5.69 Å². The first-order valence-electron chi connectivity index (χ1n) is 5.35. The number of halogens is 1. The number of nitriles is 1. The van der Waals surface area contributed by atoms with Crippen LogP contribution in [0.2, 0.25) is 0 Å².